The highest BCUT2D eigenvalue weighted by Crippen LogP contribution is 2.12. The van der Waals surface area contributed by atoms with Crippen molar-refractivity contribution in [3.63, 3.8) is 0 Å². The van der Waals surface area contributed by atoms with E-state index in [0.29, 0.717) is 11.3 Å². The zero-order valence-corrected chi connectivity index (χ0v) is 13.4. The number of carbonyl (C=O) groups is 2. The average Bonchev–Trinajstić information content (AvgIpc) is 2.65. The van der Waals surface area contributed by atoms with E-state index in [4.69, 9.17) is 9.47 Å². The lowest BCUT2D eigenvalue weighted by Crippen LogP contribution is -2.28. The molecule has 0 aromatic heterocycles. The number of benzene rings is 2. The molecule has 0 spiro atoms. The molecule has 0 saturated carbocycles. The Hall–Kier alpha value is -3.28. The summed E-state index contributed by atoms with van der Waals surface area (Å²) in [7, 11) is 2.79. The summed E-state index contributed by atoms with van der Waals surface area (Å²) >= 11 is 0. The van der Waals surface area contributed by atoms with Gasteiger partial charge in [-0.3, -0.25) is 4.79 Å². The van der Waals surface area contributed by atoms with Crippen molar-refractivity contribution < 1.29 is 19.1 Å². The SMILES string of the molecule is COC(=O)C(=CNc1ccccc1)NC(=O)c1ccc(OC)cc1. The van der Waals surface area contributed by atoms with Gasteiger partial charge in [-0.1, -0.05) is 18.2 Å². The third-order valence-electron chi connectivity index (χ3n) is 3.16. The number of nitrogens with one attached hydrogen (secondary N) is 2. The summed E-state index contributed by atoms with van der Waals surface area (Å²) in [5.74, 6) is -0.439. The van der Waals surface area contributed by atoms with Crippen LogP contribution in [0.25, 0.3) is 0 Å². The van der Waals surface area contributed by atoms with Gasteiger partial charge >= 0.3 is 5.97 Å². The summed E-state index contributed by atoms with van der Waals surface area (Å²) in [6.07, 6.45) is 1.39. The van der Waals surface area contributed by atoms with Crippen LogP contribution in [0.15, 0.2) is 66.5 Å². The van der Waals surface area contributed by atoms with Crippen LogP contribution in [-0.4, -0.2) is 26.1 Å². The van der Waals surface area contributed by atoms with Crippen molar-refractivity contribution in [2.75, 3.05) is 19.5 Å². The molecule has 6 nitrogen and oxygen atoms in total. The summed E-state index contributed by atoms with van der Waals surface area (Å²) in [5, 5.41) is 5.47. The molecule has 0 bridgehead atoms. The minimum absolute atomic E-state index is 0.00201. The monoisotopic (exact) mass is 326 g/mol. The Bertz CT molecular complexity index is 724. The molecule has 0 aliphatic rings. The fraction of sp³-hybridized carbons (Fsp3) is 0.111. The van der Waals surface area contributed by atoms with Gasteiger partial charge in [0.1, 0.15) is 11.4 Å². The Balaban J connectivity index is 2.12. The second-order valence-electron chi connectivity index (χ2n) is 4.74. The van der Waals surface area contributed by atoms with Crippen molar-refractivity contribution in [3.8, 4) is 5.75 Å². The normalized spacial score (nSPS) is 10.7. The number of carbonyl (C=O) groups excluding carboxylic acids is 2. The van der Waals surface area contributed by atoms with Crippen LogP contribution in [0.2, 0.25) is 0 Å². The molecule has 2 rings (SSSR count). The molecular weight excluding hydrogens is 308 g/mol. The molecule has 0 atom stereocenters. The summed E-state index contributed by atoms with van der Waals surface area (Å²) in [5.41, 5.74) is 1.17. The number of hydrogen-bond acceptors (Lipinski definition) is 5. The van der Waals surface area contributed by atoms with Crippen LogP contribution in [0.3, 0.4) is 0 Å². The largest absolute Gasteiger partial charge is 0.497 e. The molecule has 0 aliphatic carbocycles. The molecule has 0 aliphatic heterocycles. The van der Waals surface area contributed by atoms with Gasteiger partial charge in [0.2, 0.25) is 0 Å². The number of methoxy groups -OCH3 is 2. The smallest absolute Gasteiger partial charge is 0.356 e. The van der Waals surface area contributed by atoms with Gasteiger partial charge in [0.15, 0.2) is 0 Å². The van der Waals surface area contributed by atoms with Gasteiger partial charge in [0.05, 0.1) is 14.2 Å². The van der Waals surface area contributed by atoms with E-state index in [2.05, 4.69) is 10.6 Å². The lowest BCUT2D eigenvalue weighted by atomic mass is 10.2. The number of para-hydroxylation sites is 1. The molecule has 6 heteroatoms. The Labute approximate surface area is 140 Å². The first kappa shape index (κ1) is 17.1. The predicted molar refractivity (Wildman–Crippen MR) is 90.6 cm³/mol. The van der Waals surface area contributed by atoms with Crippen molar-refractivity contribution >= 4 is 17.6 Å². The number of rotatable bonds is 6. The first-order valence-corrected chi connectivity index (χ1v) is 7.19. The standard InChI is InChI=1S/C18H18N2O4/c1-23-15-10-8-13(9-11-15)17(21)20-16(18(22)24-2)12-19-14-6-4-3-5-7-14/h3-12,19H,1-2H3,(H,20,21). The Morgan fingerprint density at radius 1 is 0.958 bits per heavy atom. The van der Waals surface area contributed by atoms with Crippen LogP contribution in [0.1, 0.15) is 10.4 Å². The molecule has 0 fully saturated rings. The maximum absolute atomic E-state index is 12.3. The molecule has 0 unspecified atom stereocenters. The summed E-state index contributed by atoms with van der Waals surface area (Å²) in [4.78, 5) is 24.1. The van der Waals surface area contributed by atoms with Crippen molar-refractivity contribution in [3.05, 3.63) is 72.1 Å². The zero-order chi connectivity index (χ0) is 17.4. The highest BCUT2D eigenvalue weighted by molar-refractivity contribution is 6.01. The van der Waals surface area contributed by atoms with Crippen LogP contribution in [-0.2, 0) is 9.53 Å². The minimum Gasteiger partial charge on any atom is -0.497 e. The second-order valence-corrected chi connectivity index (χ2v) is 4.74. The first-order valence-electron chi connectivity index (χ1n) is 7.19. The maximum Gasteiger partial charge on any atom is 0.356 e. The van der Waals surface area contributed by atoms with Gasteiger partial charge in [-0.15, -0.1) is 0 Å². The van der Waals surface area contributed by atoms with Gasteiger partial charge in [0.25, 0.3) is 5.91 Å². The molecule has 124 valence electrons. The van der Waals surface area contributed by atoms with Crippen molar-refractivity contribution in [1.82, 2.24) is 5.32 Å². The Kier molecular flexibility index (Phi) is 5.96. The summed E-state index contributed by atoms with van der Waals surface area (Å²) in [6.45, 7) is 0. The number of esters is 1. The highest BCUT2D eigenvalue weighted by atomic mass is 16.5. The van der Waals surface area contributed by atoms with Crippen LogP contribution < -0.4 is 15.4 Å². The van der Waals surface area contributed by atoms with E-state index in [0.717, 1.165) is 5.69 Å². The summed E-state index contributed by atoms with van der Waals surface area (Å²) in [6, 6.07) is 15.8. The molecule has 2 aromatic rings. The predicted octanol–water partition coefficient (Wildman–Crippen LogP) is 2.55. The third-order valence-corrected chi connectivity index (χ3v) is 3.16. The van der Waals surface area contributed by atoms with Gasteiger partial charge in [-0.05, 0) is 36.4 Å². The molecular formula is C18H18N2O4. The van der Waals surface area contributed by atoms with E-state index in [1.54, 1.807) is 31.4 Å². The van der Waals surface area contributed by atoms with E-state index < -0.39 is 11.9 Å². The molecule has 2 N–H and O–H groups in total. The first-order chi connectivity index (χ1) is 11.6. The molecule has 2 aromatic carbocycles. The van der Waals surface area contributed by atoms with Gasteiger partial charge in [0, 0.05) is 17.5 Å². The quantitative estimate of drug-likeness (QED) is 0.630. The zero-order valence-electron chi connectivity index (χ0n) is 13.4. The van der Waals surface area contributed by atoms with E-state index in [-0.39, 0.29) is 5.70 Å². The number of anilines is 1. The Morgan fingerprint density at radius 2 is 1.62 bits per heavy atom. The summed E-state index contributed by atoms with van der Waals surface area (Å²) < 4.78 is 9.74. The molecule has 0 heterocycles. The van der Waals surface area contributed by atoms with Crippen LogP contribution >= 0.6 is 0 Å². The van der Waals surface area contributed by atoms with Crippen LogP contribution in [0.4, 0.5) is 5.69 Å². The maximum atomic E-state index is 12.3. The Morgan fingerprint density at radius 3 is 2.21 bits per heavy atom. The molecule has 24 heavy (non-hydrogen) atoms. The average molecular weight is 326 g/mol. The van der Waals surface area contributed by atoms with E-state index in [1.165, 1.54) is 13.3 Å². The molecule has 0 saturated heterocycles. The topological polar surface area (TPSA) is 76.7 Å². The number of ether oxygens (including phenoxy) is 2. The van der Waals surface area contributed by atoms with E-state index >= 15 is 0 Å². The second kappa shape index (κ2) is 8.38. The van der Waals surface area contributed by atoms with Crippen LogP contribution in [0.5, 0.6) is 5.75 Å². The van der Waals surface area contributed by atoms with Gasteiger partial charge < -0.3 is 20.1 Å². The molecule has 0 radical (unpaired) electrons. The third kappa shape index (κ3) is 4.61. The fourth-order valence-corrected chi connectivity index (χ4v) is 1.88. The van der Waals surface area contributed by atoms with Crippen molar-refractivity contribution in [2.24, 2.45) is 0 Å². The van der Waals surface area contributed by atoms with Gasteiger partial charge in [-0.25, -0.2) is 4.79 Å². The van der Waals surface area contributed by atoms with E-state index in [1.807, 2.05) is 30.3 Å². The number of amides is 1. The highest BCUT2D eigenvalue weighted by Gasteiger charge is 2.14. The van der Waals surface area contributed by atoms with Crippen molar-refractivity contribution in [2.45, 2.75) is 0 Å². The molecule has 1 amide bonds. The fourth-order valence-electron chi connectivity index (χ4n) is 1.88. The minimum atomic E-state index is -0.653. The lowest BCUT2D eigenvalue weighted by molar-refractivity contribution is -0.136. The van der Waals surface area contributed by atoms with Crippen molar-refractivity contribution in [1.29, 1.82) is 0 Å². The van der Waals surface area contributed by atoms with Crippen LogP contribution in [0, 0.1) is 0 Å². The lowest BCUT2D eigenvalue weighted by Gasteiger charge is -2.09. The van der Waals surface area contributed by atoms with Gasteiger partial charge in [-0.2, -0.15) is 0 Å². The van der Waals surface area contributed by atoms with E-state index in [9.17, 15) is 9.59 Å². The number of hydrogen-bond donors (Lipinski definition) is 2.